The zero-order valence-electron chi connectivity index (χ0n) is 6.79. The van der Waals surface area contributed by atoms with Gasteiger partial charge in [0.05, 0.1) is 10.1 Å². The van der Waals surface area contributed by atoms with E-state index < -0.39 is 0 Å². The molecule has 3 heteroatoms. The molecule has 0 aromatic carbocycles. The maximum Gasteiger partial charge on any atom is 0.138 e. The summed E-state index contributed by atoms with van der Waals surface area (Å²) in [4.78, 5) is 11.0. The zero-order chi connectivity index (χ0) is 8.85. The summed E-state index contributed by atoms with van der Waals surface area (Å²) in [6, 6.07) is 0. The first-order valence-corrected chi connectivity index (χ1v) is 4.96. The molecule has 0 amide bonds. The van der Waals surface area contributed by atoms with Crippen LogP contribution >= 0.6 is 24.0 Å². The molecule has 0 bridgehead atoms. The van der Waals surface area contributed by atoms with Crippen molar-refractivity contribution in [1.29, 1.82) is 0 Å². The maximum atomic E-state index is 11.0. The van der Waals surface area contributed by atoms with Crippen LogP contribution in [0.25, 0.3) is 0 Å². The highest BCUT2D eigenvalue weighted by Crippen LogP contribution is 2.15. The fraction of sp³-hybridized carbons (Fsp3) is 0.500. The molecule has 1 unspecified atom stereocenters. The Bertz CT molecular complexity index is 175. The first-order chi connectivity index (χ1) is 5.13. The highest BCUT2D eigenvalue weighted by molar-refractivity contribution is 8.22. The molecule has 11 heavy (non-hydrogen) atoms. The molecule has 1 atom stereocenters. The van der Waals surface area contributed by atoms with E-state index in [1.807, 2.05) is 6.26 Å². The Morgan fingerprint density at radius 2 is 2.36 bits per heavy atom. The quantitative estimate of drug-likeness (QED) is 0.498. The van der Waals surface area contributed by atoms with Gasteiger partial charge < -0.3 is 0 Å². The van der Waals surface area contributed by atoms with Gasteiger partial charge in [0.2, 0.25) is 0 Å². The maximum absolute atomic E-state index is 11.0. The third-order valence-corrected chi connectivity index (χ3v) is 2.85. The average Bonchev–Trinajstić information content (AvgIpc) is 1.98. The minimum atomic E-state index is -0.113. The van der Waals surface area contributed by atoms with Crippen LogP contribution in [0, 0.1) is 5.92 Å². The van der Waals surface area contributed by atoms with Crippen molar-refractivity contribution in [2.24, 2.45) is 5.92 Å². The third kappa shape index (κ3) is 3.68. The van der Waals surface area contributed by atoms with Crippen LogP contribution in [-0.4, -0.2) is 16.2 Å². The molecule has 0 aromatic heterocycles. The molecule has 0 saturated carbocycles. The Hall–Kier alpha value is -0.150. The number of rotatable bonds is 4. The van der Waals surface area contributed by atoms with E-state index >= 15 is 0 Å². The molecule has 0 spiro atoms. The van der Waals surface area contributed by atoms with Crippen LogP contribution in [0.3, 0.4) is 0 Å². The van der Waals surface area contributed by atoms with Crippen molar-refractivity contribution < 1.29 is 4.79 Å². The van der Waals surface area contributed by atoms with Crippen LogP contribution in [-0.2, 0) is 4.79 Å². The van der Waals surface area contributed by atoms with Gasteiger partial charge >= 0.3 is 0 Å². The van der Waals surface area contributed by atoms with Crippen LogP contribution in [0.15, 0.2) is 12.7 Å². The predicted molar refractivity (Wildman–Crippen MR) is 55.1 cm³/mol. The second kappa shape index (κ2) is 5.49. The fourth-order valence-corrected chi connectivity index (χ4v) is 1.55. The van der Waals surface area contributed by atoms with Gasteiger partial charge in [-0.25, -0.2) is 0 Å². The molecular formula is C8H12OS2. The Kier molecular flexibility index (Phi) is 5.42. The SMILES string of the molecule is C=CCC(C(C)=O)C(=S)SC. The van der Waals surface area contributed by atoms with Gasteiger partial charge in [-0.1, -0.05) is 18.3 Å². The van der Waals surface area contributed by atoms with E-state index in [1.165, 1.54) is 11.8 Å². The molecule has 0 N–H and O–H groups in total. The Labute approximate surface area is 77.2 Å². The van der Waals surface area contributed by atoms with E-state index in [4.69, 9.17) is 12.2 Å². The lowest BCUT2D eigenvalue weighted by molar-refractivity contribution is -0.118. The smallest absolute Gasteiger partial charge is 0.138 e. The predicted octanol–water partition coefficient (Wildman–Crippen LogP) is 2.46. The minimum absolute atomic E-state index is 0.113. The lowest BCUT2D eigenvalue weighted by Gasteiger charge is -2.09. The van der Waals surface area contributed by atoms with Gasteiger partial charge in [0.1, 0.15) is 5.78 Å². The van der Waals surface area contributed by atoms with Crippen molar-refractivity contribution in [2.45, 2.75) is 13.3 Å². The average molecular weight is 188 g/mol. The van der Waals surface area contributed by atoms with E-state index in [0.717, 1.165) is 4.20 Å². The monoisotopic (exact) mass is 188 g/mol. The molecule has 0 fully saturated rings. The fourth-order valence-electron chi connectivity index (χ4n) is 0.737. The number of carbonyl (C=O) groups is 1. The summed E-state index contributed by atoms with van der Waals surface area (Å²) >= 11 is 6.48. The van der Waals surface area contributed by atoms with Crippen LogP contribution in [0.5, 0.6) is 0 Å². The Morgan fingerprint density at radius 3 is 2.64 bits per heavy atom. The van der Waals surface area contributed by atoms with E-state index in [-0.39, 0.29) is 11.7 Å². The number of allylic oxidation sites excluding steroid dienone is 1. The number of hydrogen-bond donors (Lipinski definition) is 0. The van der Waals surface area contributed by atoms with Crippen molar-refractivity contribution in [2.75, 3.05) is 6.26 Å². The van der Waals surface area contributed by atoms with Gasteiger partial charge in [-0.15, -0.1) is 18.3 Å². The number of carbonyl (C=O) groups excluding carboxylic acids is 1. The van der Waals surface area contributed by atoms with Crippen molar-refractivity contribution in [3.05, 3.63) is 12.7 Å². The molecule has 1 nitrogen and oxygen atoms in total. The number of Topliss-reactive ketones (excluding diaryl/α,β-unsaturated/α-hetero) is 1. The van der Waals surface area contributed by atoms with Crippen LogP contribution in [0.4, 0.5) is 0 Å². The van der Waals surface area contributed by atoms with Crippen molar-refractivity contribution in [3.63, 3.8) is 0 Å². The number of thioether (sulfide) groups is 1. The molecular weight excluding hydrogens is 176 g/mol. The Balaban J connectivity index is 4.20. The lowest BCUT2D eigenvalue weighted by Crippen LogP contribution is -2.16. The largest absolute Gasteiger partial charge is 0.299 e. The second-order valence-electron chi connectivity index (χ2n) is 2.21. The molecule has 0 aromatic rings. The van der Waals surface area contributed by atoms with Gasteiger partial charge in [0.15, 0.2) is 0 Å². The number of hydrogen-bond acceptors (Lipinski definition) is 3. The number of ketones is 1. The first kappa shape index (κ1) is 10.8. The lowest BCUT2D eigenvalue weighted by atomic mass is 10.0. The summed E-state index contributed by atoms with van der Waals surface area (Å²) in [5.74, 6) is 0.0155. The summed E-state index contributed by atoms with van der Waals surface area (Å²) < 4.78 is 0.761. The van der Waals surface area contributed by atoms with Crippen molar-refractivity contribution >= 4 is 34.0 Å². The molecule has 0 radical (unpaired) electrons. The molecule has 0 aliphatic rings. The van der Waals surface area contributed by atoms with Gasteiger partial charge in [-0.2, -0.15) is 0 Å². The highest BCUT2D eigenvalue weighted by Gasteiger charge is 2.16. The van der Waals surface area contributed by atoms with Gasteiger partial charge in [-0.05, 0) is 19.6 Å². The first-order valence-electron chi connectivity index (χ1n) is 3.32. The topological polar surface area (TPSA) is 17.1 Å². The highest BCUT2D eigenvalue weighted by atomic mass is 32.2. The second-order valence-corrected chi connectivity index (χ2v) is 3.76. The van der Waals surface area contributed by atoms with Gasteiger partial charge in [0.25, 0.3) is 0 Å². The summed E-state index contributed by atoms with van der Waals surface area (Å²) in [6.45, 7) is 5.14. The van der Waals surface area contributed by atoms with Crippen LogP contribution < -0.4 is 0 Å². The van der Waals surface area contributed by atoms with E-state index in [2.05, 4.69) is 6.58 Å². The summed E-state index contributed by atoms with van der Waals surface area (Å²) in [5.41, 5.74) is 0. The standard InChI is InChI=1S/C8H12OS2/c1-4-5-7(6(2)9)8(10)11-3/h4,7H,1,5H2,2-3H3. The van der Waals surface area contributed by atoms with E-state index in [9.17, 15) is 4.79 Å². The summed E-state index contributed by atoms with van der Waals surface area (Å²) in [7, 11) is 0. The molecule has 0 aliphatic heterocycles. The molecule has 0 heterocycles. The van der Waals surface area contributed by atoms with Gasteiger partial charge in [0, 0.05) is 0 Å². The summed E-state index contributed by atoms with van der Waals surface area (Å²) in [6.07, 6.45) is 4.28. The minimum Gasteiger partial charge on any atom is -0.299 e. The third-order valence-electron chi connectivity index (χ3n) is 1.38. The molecule has 0 rings (SSSR count). The normalized spacial score (nSPS) is 12.2. The summed E-state index contributed by atoms with van der Waals surface area (Å²) in [5, 5.41) is 0. The number of thiocarbonyl (C=S) groups is 1. The Morgan fingerprint density at radius 1 is 1.82 bits per heavy atom. The molecule has 0 aliphatic carbocycles. The van der Waals surface area contributed by atoms with Crippen molar-refractivity contribution in [3.8, 4) is 0 Å². The van der Waals surface area contributed by atoms with E-state index in [0.29, 0.717) is 6.42 Å². The van der Waals surface area contributed by atoms with E-state index in [1.54, 1.807) is 13.0 Å². The zero-order valence-corrected chi connectivity index (χ0v) is 8.43. The van der Waals surface area contributed by atoms with Gasteiger partial charge in [-0.3, -0.25) is 4.79 Å². The molecule has 0 saturated heterocycles. The van der Waals surface area contributed by atoms with Crippen molar-refractivity contribution in [1.82, 2.24) is 0 Å². The molecule has 62 valence electrons. The van der Waals surface area contributed by atoms with Crippen LogP contribution in [0.2, 0.25) is 0 Å². The van der Waals surface area contributed by atoms with Crippen LogP contribution in [0.1, 0.15) is 13.3 Å².